The Bertz CT molecular complexity index is 1630. The number of hydrogen-bond acceptors (Lipinski definition) is 6. The van der Waals surface area contributed by atoms with Crippen molar-refractivity contribution in [3.8, 4) is 5.75 Å². The second-order valence-electron chi connectivity index (χ2n) is 11.2. The van der Waals surface area contributed by atoms with E-state index in [1.54, 1.807) is 18.3 Å². The van der Waals surface area contributed by atoms with Crippen molar-refractivity contribution in [2.24, 2.45) is 17.4 Å². The van der Waals surface area contributed by atoms with Crippen molar-refractivity contribution in [3.05, 3.63) is 102 Å². The highest BCUT2D eigenvalue weighted by molar-refractivity contribution is 5.94. The number of hydrogen-bond donors (Lipinski definition) is 6. The van der Waals surface area contributed by atoms with Gasteiger partial charge in [0.25, 0.3) is 0 Å². The van der Waals surface area contributed by atoms with Crippen LogP contribution >= 0.6 is 0 Å². The molecule has 5 rings (SSSR count). The van der Waals surface area contributed by atoms with Crippen LogP contribution in [0.15, 0.2) is 85.1 Å². The summed E-state index contributed by atoms with van der Waals surface area (Å²) >= 11 is 0. The van der Waals surface area contributed by atoms with Gasteiger partial charge in [-0.2, -0.15) is 0 Å². The van der Waals surface area contributed by atoms with Crippen LogP contribution < -0.4 is 22.1 Å². The van der Waals surface area contributed by atoms with Gasteiger partial charge < -0.3 is 37.1 Å². The number of benzene rings is 3. The van der Waals surface area contributed by atoms with Gasteiger partial charge >= 0.3 is 0 Å². The number of H-pyrrole nitrogens is 1. The highest BCUT2D eigenvalue weighted by Crippen LogP contribution is 2.21. The zero-order valence-electron chi connectivity index (χ0n) is 24.1. The number of nitrogens with one attached hydrogen (secondary N) is 3. The summed E-state index contributed by atoms with van der Waals surface area (Å²) in [4.78, 5) is 56.8. The normalized spacial score (nSPS) is 15.2. The molecule has 0 unspecified atom stereocenters. The Hall–Kier alpha value is -5.16. The molecule has 8 N–H and O–H groups in total. The molecule has 11 heteroatoms. The van der Waals surface area contributed by atoms with Gasteiger partial charge in [-0.1, -0.05) is 60.7 Å². The van der Waals surface area contributed by atoms with E-state index in [0.29, 0.717) is 6.42 Å². The van der Waals surface area contributed by atoms with E-state index in [1.807, 2.05) is 54.6 Å². The Labute approximate surface area is 254 Å². The molecule has 4 amide bonds. The SMILES string of the molecule is NC(=O)[C@H](Cc1ccccc1)NC(=O)[C@H](Cc1c[nH]c2ccccc12)NC(=O)C1CN(C(=O)[C@@H](N)Cc2ccc(O)cc2)C1. The van der Waals surface area contributed by atoms with Gasteiger partial charge in [-0.15, -0.1) is 0 Å². The van der Waals surface area contributed by atoms with Gasteiger partial charge in [-0.25, -0.2) is 0 Å². The molecule has 3 aromatic carbocycles. The van der Waals surface area contributed by atoms with Crippen LogP contribution in [0.3, 0.4) is 0 Å². The molecule has 1 aliphatic heterocycles. The number of phenols is 1. The molecule has 1 aliphatic rings. The Morgan fingerprint density at radius 3 is 2.20 bits per heavy atom. The highest BCUT2D eigenvalue weighted by Gasteiger charge is 2.39. The van der Waals surface area contributed by atoms with Crippen molar-refractivity contribution in [1.29, 1.82) is 0 Å². The van der Waals surface area contributed by atoms with E-state index in [-0.39, 0.29) is 43.5 Å². The number of primary amides is 1. The molecule has 0 bridgehead atoms. The zero-order chi connectivity index (χ0) is 31.2. The summed E-state index contributed by atoms with van der Waals surface area (Å²) < 4.78 is 0. The number of nitrogens with zero attached hydrogens (tertiary/aromatic N) is 1. The second kappa shape index (κ2) is 13.4. The molecule has 0 saturated carbocycles. The van der Waals surface area contributed by atoms with E-state index >= 15 is 0 Å². The molecule has 11 nitrogen and oxygen atoms in total. The molecule has 4 aromatic rings. The molecule has 0 radical (unpaired) electrons. The van der Waals surface area contributed by atoms with Crippen molar-refractivity contribution >= 4 is 34.5 Å². The van der Waals surface area contributed by atoms with Crippen LogP contribution in [0.4, 0.5) is 0 Å². The molecule has 2 heterocycles. The number of likely N-dealkylation sites (tertiary alicyclic amines) is 1. The molecule has 228 valence electrons. The Balaban J connectivity index is 1.24. The molecule has 0 spiro atoms. The minimum atomic E-state index is -0.999. The predicted octanol–water partition coefficient (Wildman–Crippen LogP) is 1.14. The third-order valence-electron chi connectivity index (χ3n) is 7.95. The molecular weight excluding hydrogens is 560 g/mol. The zero-order valence-corrected chi connectivity index (χ0v) is 24.1. The van der Waals surface area contributed by atoms with Crippen LogP contribution in [0.5, 0.6) is 5.75 Å². The van der Waals surface area contributed by atoms with Gasteiger partial charge in [0.05, 0.1) is 12.0 Å². The first-order valence-electron chi connectivity index (χ1n) is 14.5. The number of carbonyl (C=O) groups is 4. The van der Waals surface area contributed by atoms with Gasteiger partial charge in [0, 0.05) is 43.0 Å². The van der Waals surface area contributed by atoms with Crippen LogP contribution in [-0.4, -0.2) is 69.8 Å². The number of aromatic hydroxyl groups is 1. The van der Waals surface area contributed by atoms with E-state index in [2.05, 4.69) is 15.6 Å². The molecule has 1 saturated heterocycles. The lowest BCUT2D eigenvalue weighted by Crippen LogP contribution is -2.62. The highest BCUT2D eigenvalue weighted by atomic mass is 16.3. The average molecular weight is 597 g/mol. The smallest absolute Gasteiger partial charge is 0.243 e. The van der Waals surface area contributed by atoms with Crippen molar-refractivity contribution < 1.29 is 24.3 Å². The molecule has 3 atom stereocenters. The number of aromatic amines is 1. The van der Waals surface area contributed by atoms with Gasteiger partial charge in [-0.05, 0) is 41.3 Å². The minimum absolute atomic E-state index is 0.128. The first kappa shape index (κ1) is 30.3. The second-order valence-corrected chi connectivity index (χ2v) is 11.2. The fourth-order valence-electron chi connectivity index (χ4n) is 5.40. The fourth-order valence-corrected chi connectivity index (χ4v) is 5.40. The number of amides is 4. The Kier molecular flexibility index (Phi) is 9.25. The number of rotatable bonds is 12. The lowest BCUT2D eigenvalue weighted by molar-refractivity contribution is -0.145. The lowest BCUT2D eigenvalue weighted by Gasteiger charge is -2.40. The lowest BCUT2D eigenvalue weighted by atomic mass is 9.95. The standard InChI is InChI=1S/C33H36N6O5/c34-26(14-21-10-12-24(40)13-11-21)33(44)39-18-23(19-39)31(42)38-29(16-22-17-36-27-9-5-4-8-25(22)27)32(43)37-28(30(35)41)15-20-6-2-1-3-7-20/h1-13,17,23,26,28-29,36,40H,14-16,18-19,34H2,(H2,35,41)(H,37,43)(H,38,42)/t26-,28-,29-/m0/s1. The summed E-state index contributed by atoms with van der Waals surface area (Å²) in [5, 5.41) is 16.0. The topological polar surface area (TPSA) is 184 Å². The largest absolute Gasteiger partial charge is 0.508 e. The summed E-state index contributed by atoms with van der Waals surface area (Å²) in [7, 11) is 0. The summed E-state index contributed by atoms with van der Waals surface area (Å²) in [6, 6.07) is 20.6. The maximum absolute atomic E-state index is 13.6. The van der Waals surface area contributed by atoms with E-state index < -0.39 is 35.9 Å². The van der Waals surface area contributed by atoms with Crippen molar-refractivity contribution in [2.45, 2.75) is 37.4 Å². The van der Waals surface area contributed by atoms with Crippen LogP contribution in [0.2, 0.25) is 0 Å². The van der Waals surface area contributed by atoms with Gasteiger partial charge in [-0.3, -0.25) is 19.2 Å². The maximum atomic E-state index is 13.6. The van der Waals surface area contributed by atoms with Crippen LogP contribution in [0, 0.1) is 5.92 Å². The number of aromatic nitrogens is 1. The average Bonchev–Trinajstić information content (AvgIpc) is 3.40. The van der Waals surface area contributed by atoms with Gasteiger partial charge in [0.15, 0.2) is 0 Å². The van der Waals surface area contributed by atoms with Crippen molar-refractivity contribution in [1.82, 2.24) is 20.5 Å². The monoisotopic (exact) mass is 596 g/mol. The fraction of sp³-hybridized carbons (Fsp3) is 0.273. The maximum Gasteiger partial charge on any atom is 0.243 e. The molecule has 44 heavy (non-hydrogen) atoms. The molecule has 1 fully saturated rings. The quantitative estimate of drug-likeness (QED) is 0.142. The minimum Gasteiger partial charge on any atom is -0.508 e. The summed E-state index contributed by atoms with van der Waals surface area (Å²) in [6.07, 6.45) is 2.47. The van der Waals surface area contributed by atoms with Gasteiger partial charge in [0.2, 0.25) is 23.6 Å². The first-order valence-corrected chi connectivity index (χ1v) is 14.5. The summed E-state index contributed by atoms with van der Waals surface area (Å²) in [5.41, 5.74) is 15.1. The number of nitrogens with two attached hydrogens (primary N) is 2. The molecular formula is C33H36N6O5. The van der Waals surface area contributed by atoms with Crippen molar-refractivity contribution in [2.75, 3.05) is 13.1 Å². The third kappa shape index (κ3) is 7.24. The number of para-hydroxylation sites is 1. The van der Waals surface area contributed by atoms with E-state index in [4.69, 9.17) is 11.5 Å². The van der Waals surface area contributed by atoms with E-state index in [0.717, 1.165) is 27.6 Å². The summed E-state index contributed by atoms with van der Waals surface area (Å²) in [5.74, 6) is -2.26. The Morgan fingerprint density at radius 1 is 0.841 bits per heavy atom. The van der Waals surface area contributed by atoms with Crippen LogP contribution in [0.25, 0.3) is 10.9 Å². The molecule has 1 aromatic heterocycles. The molecule has 0 aliphatic carbocycles. The van der Waals surface area contributed by atoms with Crippen molar-refractivity contribution in [3.63, 3.8) is 0 Å². The summed E-state index contributed by atoms with van der Waals surface area (Å²) in [6.45, 7) is 0.348. The number of carbonyl (C=O) groups excluding carboxylic acids is 4. The number of phenolic OH excluding ortho intramolecular Hbond substituents is 1. The van der Waals surface area contributed by atoms with Crippen LogP contribution in [0.1, 0.15) is 16.7 Å². The van der Waals surface area contributed by atoms with Crippen LogP contribution in [-0.2, 0) is 38.4 Å². The predicted molar refractivity (Wildman–Crippen MR) is 165 cm³/mol. The van der Waals surface area contributed by atoms with E-state index in [9.17, 15) is 24.3 Å². The third-order valence-corrected chi connectivity index (χ3v) is 7.95. The first-order chi connectivity index (χ1) is 21.2. The Morgan fingerprint density at radius 2 is 1.50 bits per heavy atom. The number of fused-ring (bicyclic) bond motifs is 1. The van der Waals surface area contributed by atoms with E-state index in [1.165, 1.54) is 17.0 Å². The van der Waals surface area contributed by atoms with Gasteiger partial charge in [0.1, 0.15) is 17.8 Å².